The minimum Gasteiger partial charge on any atom is -0.479 e. The van der Waals surface area contributed by atoms with E-state index in [0.717, 1.165) is 12.1 Å². The van der Waals surface area contributed by atoms with Crippen molar-refractivity contribution in [1.29, 1.82) is 5.26 Å². The number of benzene rings is 1. The summed E-state index contributed by atoms with van der Waals surface area (Å²) >= 11 is 0. The molecule has 0 bridgehead atoms. The molecule has 1 unspecified atom stereocenters. The Labute approximate surface area is 105 Å². The number of carboxylic acid groups (broad SMARTS) is 1. The molecule has 4 nitrogen and oxygen atoms in total. The van der Waals surface area contributed by atoms with E-state index in [2.05, 4.69) is 0 Å². The molecule has 1 atom stereocenters. The van der Waals surface area contributed by atoms with Gasteiger partial charge in [-0.15, -0.1) is 0 Å². The lowest BCUT2D eigenvalue weighted by Crippen LogP contribution is -2.55. The average Bonchev–Trinajstić information content (AvgIpc) is 2.29. The average molecular weight is 276 g/mol. The van der Waals surface area contributed by atoms with Crippen LogP contribution in [-0.4, -0.2) is 22.8 Å². The first kappa shape index (κ1) is 14.8. The predicted molar refractivity (Wildman–Crippen MR) is 56.8 cm³/mol. The highest BCUT2D eigenvalue weighted by Gasteiger charge is 2.57. The molecule has 102 valence electrons. The maximum Gasteiger partial charge on any atom is 0.422 e. The molecule has 8 heteroatoms. The van der Waals surface area contributed by atoms with Crippen molar-refractivity contribution < 1.29 is 27.5 Å². The lowest BCUT2D eigenvalue weighted by atomic mass is 10.0. The van der Waals surface area contributed by atoms with Crippen molar-refractivity contribution in [2.24, 2.45) is 0 Å². The minimum absolute atomic E-state index is 0.411. The maximum atomic E-state index is 12.8. The van der Waals surface area contributed by atoms with E-state index in [1.807, 2.05) is 0 Å². The van der Waals surface area contributed by atoms with E-state index in [1.54, 1.807) is 5.32 Å². The number of rotatable bonds is 3. The molecule has 0 fully saturated rings. The molecule has 0 radical (unpaired) electrons. The Kier molecular flexibility index (Phi) is 3.70. The summed E-state index contributed by atoms with van der Waals surface area (Å²) in [6, 6.07) is 3.89. The van der Waals surface area contributed by atoms with E-state index >= 15 is 0 Å². The number of nitriles is 1. The van der Waals surface area contributed by atoms with Crippen LogP contribution < -0.4 is 5.32 Å². The number of hydrogen-bond acceptors (Lipinski definition) is 3. The number of aliphatic carboxylic acids is 1. The van der Waals surface area contributed by atoms with E-state index in [4.69, 9.17) is 10.4 Å². The molecule has 0 heterocycles. The van der Waals surface area contributed by atoms with Crippen molar-refractivity contribution in [3.63, 3.8) is 0 Å². The standard InChI is InChI=1S/C11H8F4N2O2/c1-10(9(18)19,11(13,14)15)17-8-3-2-7(12)4-6(8)5-16/h2-4,17H,1H3,(H,18,19). The number of alkyl halides is 3. The van der Waals surface area contributed by atoms with Crippen LogP contribution in [0.15, 0.2) is 18.2 Å². The second kappa shape index (κ2) is 4.76. The highest BCUT2D eigenvalue weighted by molar-refractivity contribution is 5.84. The topological polar surface area (TPSA) is 73.1 Å². The van der Waals surface area contributed by atoms with Crippen LogP contribution in [-0.2, 0) is 4.79 Å². The van der Waals surface area contributed by atoms with Crippen molar-refractivity contribution in [1.82, 2.24) is 0 Å². The van der Waals surface area contributed by atoms with Gasteiger partial charge < -0.3 is 10.4 Å². The highest BCUT2D eigenvalue weighted by atomic mass is 19.4. The van der Waals surface area contributed by atoms with Crippen LogP contribution in [0.5, 0.6) is 0 Å². The van der Waals surface area contributed by atoms with Crippen LogP contribution >= 0.6 is 0 Å². The Morgan fingerprint density at radius 3 is 2.42 bits per heavy atom. The van der Waals surface area contributed by atoms with Gasteiger partial charge in [-0.3, -0.25) is 0 Å². The Morgan fingerprint density at radius 2 is 2.00 bits per heavy atom. The lowest BCUT2D eigenvalue weighted by molar-refractivity contribution is -0.192. The van der Waals surface area contributed by atoms with Gasteiger partial charge >= 0.3 is 12.1 Å². The molecule has 0 aliphatic carbocycles. The van der Waals surface area contributed by atoms with Gasteiger partial charge in [0.15, 0.2) is 0 Å². The normalized spacial score (nSPS) is 14.3. The molecule has 0 aliphatic rings. The molecule has 1 aromatic rings. The molecule has 0 spiro atoms. The van der Waals surface area contributed by atoms with Gasteiger partial charge in [0.05, 0.1) is 11.3 Å². The van der Waals surface area contributed by atoms with Gasteiger partial charge in [-0.1, -0.05) is 0 Å². The SMILES string of the molecule is CC(Nc1ccc(F)cc1C#N)(C(=O)O)C(F)(F)F. The number of hydrogen-bond donors (Lipinski definition) is 2. The first-order valence-corrected chi connectivity index (χ1v) is 4.90. The third kappa shape index (κ3) is 2.76. The van der Waals surface area contributed by atoms with Gasteiger partial charge in [-0.25, -0.2) is 9.18 Å². The van der Waals surface area contributed by atoms with E-state index in [9.17, 15) is 22.4 Å². The predicted octanol–water partition coefficient (Wildman–Crippen LogP) is 2.51. The summed E-state index contributed by atoms with van der Waals surface area (Å²) in [6.45, 7) is 0.417. The smallest absolute Gasteiger partial charge is 0.422 e. The molecule has 0 saturated heterocycles. The molecular weight excluding hydrogens is 268 g/mol. The molecular formula is C11H8F4N2O2. The largest absolute Gasteiger partial charge is 0.479 e. The van der Waals surface area contributed by atoms with Gasteiger partial charge in [-0.2, -0.15) is 18.4 Å². The van der Waals surface area contributed by atoms with Crippen LogP contribution in [0.4, 0.5) is 23.2 Å². The summed E-state index contributed by atoms with van der Waals surface area (Å²) in [5.74, 6) is -2.97. The summed E-state index contributed by atoms with van der Waals surface area (Å²) in [5.41, 5.74) is -4.11. The zero-order chi connectivity index (χ0) is 14.8. The first-order chi connectivity index (χ1) is 8.61. The Balaban J connectivity index is 3.27. The van der Waals surface area contributed by atoms with Gasteiger partial charge in [0.25, 0.3) is 0 Å². The Hall–Kier alpha value is -2.30. The number of carboxylic acids is 1. The number of anilines is 1. The van der Waals surface area contributed by atoms with E-state index < -0.39 is 34.8 Å². The molecule has 0 amide bonds. The lowest BCUT2D eigenvalue weighted by Gasteiger charge is -2.29. The van der Waals surface area contributed by atoms with Crippen LogP contribution in [0, 0.1) is 17.1 Å². The van der Waals surface area contributed by atoms with Gasteiger partial charge in [-0.05, 0) is 25.1 Å². The zero-order valence-corrected chi connectivity index (χ0v) is 9.55. The molecule has 19 heavy (non-hydrogen) atoms. The Bertz CT molecular complexity index is 551. The van der Waals surface area contributed by atoms with Crippen molar-refractivity contribution in [3.8, 4) is 6.07 Å². The third-order valence-corrected chi connectivity index (χ3v) is 2.48. The van der Waals surface area contributed by atoms with Gasteiger partial charge in [0.1, 0.15) is 11.9 Å². The maximum absolute atomic E-state index is 12.8. The fourth-order valence-corrected chi connectivity index (χ4v) is 1.23. The summed E-state index contributed by atoms with van der Waals surface area (Å²) in [6.07, 6.45) is -5.10. The second-order valence-corrected chi connectivity index (χ2v) is 3.85. The molecule has 0 saturated carbocycles. The number of nitrogens with one attached hydrogen (secondary N) is 1. The number of halogens is 4. The van der Waals surface area contributed by atoms with Gasteiger partial charge in [0, 0.05) is 0 Å². The van der Waals surface area contributed by atoms with E-state index in [0.29, 0.717) is 13.0 Å². The summed E-state index contributed by atoms with van der Waals surface area (Å²) in [5, 5.41) is 19.1. The molecule has 2 N–H and O–H groups in total. The van der Waals surface area contributed by atoms with Crippen LogP contribution in [0.2, 0.25) is 0 Å². The van der Waals surface area contributed by atoms with Crippen LogP contribution in [0.3, 0.4) is 0 Å². The fourth-order valence-electron chi connectivity index (χ4n) is 1.23. The highest BCUT2D eigenvalue weighted by Crippen LogP contribution is 2.34. The minimum atomic E-state index is -5.10. The quantitative estimate of drug-likeness (QED) is 0.832. The molecule has 1 aromatic carbocycles. The van der Waals surface area contributed by atoms with Crippen LogP contribution in [0.1, 0.15) is 12.5 Å². The molecule has 1 rings (SSSR count). The second-order valence-electron chi connectivity index (χ2n) is 3.85. The van der Waals surface area contributed by atoms with E-state index in [-0.39, 0.29) is 0 Å². The molecule has 0 aromatic heterocycles. The van der Waals surface area contributed by atoms with Gasteiger partial charge in [0.2, 0.25) is 5.54 Å². The summed E-state index contributed by atoms with van der Waals surface area (Å²) < 4.78 is 51.1. The number of carbonyl (C=O) groups is 1. The monoisotopic (exact) mass is 276 g/mol. The number of nitrogens with zero attached hydrogens (tertiary/aromatic N) is 1. The third-order valence-electron chi connectivity index (χ3n) is 2.48. The summed E-state index contributed by atoms with van der Waals surface area (Å²) in [7, 11) is 0. The molecule has 0 aliphatic heterocycles. The van der Waals surface area contributed by atoms with E-state index in [1.165, 1.54) is 6.07 Å². The summed E-state index contributed by atoms with van der Waals surface area (Å²) in [4.78, 5) is 10.8. The van der Waals surface area contributed by atoms with Crippen molar-refractivity contribution in [2.45, 2.75) is 18.6 Å². The first-order valence-electron chi connectivity index (χ1n) is 4.90. The van der Waals surface area contributed by atoms with Crippen molar-refractivity contribution in [2.75, 3.05) is 5.32 Å². The Morgan fingerprint density at radius 1 is 1.42 bits per heavy atom. The zero-order valence-electron chi connectivity index (χ0n) is 9.55. The van der Waals surface area contributed by atoms with Crippen molar-refractivity contribution >= 4 is 11.7 Å². The fraction of sp³-hybridized carbons (Fsp3) is 0.273. The van der Waals surface area contributed by atoms with Crippen molar-refractivity contribution in [3.05, 3.63) is 29.6 Å². The van der Waals surface area contributed by atoms with Crippen LogP contribution in [0.25, 0.3) is 0 Å².